The van der Waals surface area contributed by atoms with Gasteiger partial charge in [-0.15, -0.1) is 11.3 Å². The van der Waals surface area contributed by atoms with E-state index < -0.39 is 0 Å². The number of benzene rings is 1. The van der Waals surface area contributed by atoms with Crippen LogP contribution in [0.25, 0.3) is 11.3 Å². The fourth-order valence-electron chi connectivity index (χ4n) is 2.62. The summed E-state index contributed by atoms with van der Waals surface area (Å²) in [6.07, 6.45) is 2.54. The van der Waals surface area contributed by atoms with Gasteiger partial charge in [-0.1, -0.05) is 0 Å². The van der Waals surface area contributed by atoms with Crippen molar-refractivity contribution in [3.8, 4) is 17.0 Å². The number of nitrogens with zero attached hydrogens (tertiary/aromatic N) is 2. The van der Waals surface area contributed by atoms with E-state index in [0.29, 0.717) is 13.0 Å². The monoisotopic (exact) mass is 316 g/mol. The summed E-state index contributed by atoms with van der Waals surface area (Å²) in [7, 11) is 0. The summed E-state index contributed by atoms with van der Waals surface area (Å²) in [6, 6.07) is 8.02. The Morgan fingerprint density at radius 2 is 2.14 bits per heavy atom. The standard InChI is InChI=1S/C17H20N2O2S/c1-2-21-14-7-5-13(6-8-14)15-12-22-16(18-15)9-11-19-10-3-4-17(19)20/h5-8,12H,2-4,9-11H2,1H3. The maximum absolute atomic E-state index is 11.6. The molecule has 1 saturated heterocycles. The van der Waals surface area contributed by atoms with Crippen LogP contribution in [0.1, 0.15) is 24.8 Å². The highest BCUT2D eigenvalue weighted by atomic mass is 32.1. The molecule has 1 aliphatic rings. The van der Waals surface area contributed by atoms with Gasteiger partial charge in [-0.2, -0.15) is 0 Å². The number of hydrogen-bond acceptors (Lipinski definition) is 4. The molecule has 0 radical (unpaired) electrons. The number of thiazole rings is 1. The largest absolute Gasteiger partial charge is 0.494 e. The van der Waals surface area contributed by atoms with Crippen molar-refractivity contribution in [3.63, 3.8) is 0 Å². The van der Waals surface area contributed by atoms with E-state index in [1.54, 1.807) is 11.3 Å². The molecule has 2 aromatic rings. The molecule has 1 aromatic carbocycles. The Bertz CT molecular complexity index is 636. The average molecular weight is 316 g/mol. The topological polar surface area (TPSA) is 42.4 Å². The molecule has 4 nitrogen and oxygen atoms in total. The molecule has 2 heterocycles. The molecule has 3 rings (SSSR count). The first kappa shape index (κ1) is 15.0. The molecule has 0 aliphatic carbocycles. The predicted octanol–water partition coefficient (Wildman–Crippen LogP) is 3.37. The van der Waals surface area contributed by atoms with E-state index in [2.05, 4.69) is 10.4 Å². The first-order valence-corrected chi connectivity index (χ1v) is 8.59. The minimum Gasteiger partial charge on any atom is -0.494 e. The fourth-order valence-corrected chi connectivity index (χ4v) is 3.41. The van der Waals surface area contributed by atoms with Crippen molar-refractivity contribution in [1.29, 1.82) is 0 Å². The molecule has 0 saturated carbocycles. The second-order valence-corrected chi connectivity index (χ2v) is 6.26. The summed E-state index contributed by atoms with van der Waals surface area (Å²) in [4.78, 5) is 18.2. The number of hydrogen-bond donors (Lipinski definition) is 0. The van der Waals surface area contributed by atoms with Gasteiger partial charge in [0.15, 0.2) is 0 Å². The fraction of sp³-hybridized carbons (Fsp3) is 0.412. The van der Waals surface area contributed by atoms with Crippen LogP contribution in [0.3, 0.4) is 0 Å². The molecule has 0 bridgehead atoms. The number of amides is 1. The van der Waals surface area contributed by atoms with Gasteiger partial charge >= 0.3 is 0 Å². The predicted molar refractivity (Wildman–Crippen MR) is 88.2 cm³/mol. The van der Waals surface area contributed by atoms with E-state index in [1.165, 1.54) is 0 Å². The van der Waals surface area contributed by atoms with E-state index >= 15 is 0 Å². The Balaban J connectivity index is 1.61. The Kier molecular flexibility index (Phi) is 4.73. The molecule has 22 heavy (non-hydrogen) atoms. The van der Waals surface area contributed by atoms with Crippen LogP contribution in [-0.2, 0) is 11.2 Å². The number of rotatable bonds is 6. The summed E-state index contributed by atoms with van der Waals surface area (Å²) < 4.78 is 5.45. The maximum atomic E-state index is 11.6. The summed E-state index contributed by atoms with van der Waals surface area (Å²) in [5.74, 6) is 1.16. The third-order valence-electron chi connectivity index (χ3n) is 3.78. The zero-order chi connectivity index (χ0) is 15.4. The molecule has 0 spiro atoms. The van der Waals surface area contributed by atoms with Gasteiger partial charge < -0.3 is 9.64 Å². The first-order chi connectivity index (χ1) is 10.8. The Morgan fingerprint density at radius 1 is 1.32 bits per heavy atom. The minimum atomic E-state index is 0.281. The van der Waals surface area contributed by atoms with E-state index in [0.717, 1.165) is 47.9 Å². The number of carbonyl (C=O) groups excluding carboxylic acids is 1. The highest BCUT2D eigenvalue weighted by Gasteiger charge is 2.19. The molecule has 1 aliphatic heterocycles. The van der Waals surface area contributed by atoms with E-state index in [1.807, 2.05) is 36.1 Å². The SMILES string of the molecule is CCOc1ccc(-c2csc(CCN3CCCC3=O)n2)cc1. The van der Waals surface area contributed by atoms with Crippen molar-refractivity contribution in [2.45, 2.75) is 26.2 Å². The van der Waals surface area contributed by atoms with Crippen molar-refractivity contribution >= 4 is 17.2 Å². The lowest BCUT2D eigenvalue weighted by Gasteiger charge is -2.13. The molecule has 0 atom stereocenters. The molecule has 1 amide bonds. The van der Waals surface area contributed by atoms with Crippen LogP contribution < -0.4 is 4.74 Å². The van der Waals surface area contributed by atoms with Crippen molar-refractivity contribution in [2.75, 3.05) is 19.7 Å². The molecule has 1 fully saturated rings. The van der Waals surface area contributed by atoms with Gasteiger partial charge in [0.05, 0.1) is 17.3 Å². The van der Waals surface area contributed by atoms with E-state index in [4.69, 9.17) is 4.74 Å². The zero-order valence-electron chi connectivity index (χ0n) is 12.7. The van der Waals surface area contributed by atoms with Crippen molar-refractivity contribution in [1.82, 2.24) is 9.88 Å². The Labute approximate surface area is 134 Å². The lowest BCUT2D eigenvalue weighted by atomic mass is 10.2. The molecule has 5 heteroatoms. The Hall–Kier alpha value is -1.88. The van der Waals surface area contributed by atoms with Crippen molar-refractivity contribution in [3.05, 3.63) is 34.7 Å². The van der Waals surface area contributed by atoms with Gasteiger partial charge in [-0.05, 0) is 37.6 Å². The second-order valence-electron chi connectivity index (χ2n) is 5.32. The minimum absolute atomic E-state index is 0.281. The van der Waals surface area contributed by atoms with E-state index in [9.17, 15) is 4.79 Å². The van der Waals surface area contributed by atoms with Crippen molar-refractivity contribution in [2.24, 2.45) is 0 Å². The summed E-state index contributed by atoms with van der Waals surface area (Å²) in [6.45, 7) is 4.34. The van der Waals surface area contributed by atoms with Crippen LogP contribution >= 0.6 is 11.3 Å². The van der Waals surface area contributed by atoms with Crippen LogP contribution in [0, 0.1) is 0 Å². The summed E-state index contributed by atoms with van der Waals surface area (Å²) in [5, 5.41) is 3.17. The quantitative estimate of drug-likeness (QED) is 0.820. The first-order valence-electron chi connectivity index (χ1n) is 7.71. The highest BCUT2D eigenvalue weighted by molar-refractivity contribution is 7.09. The summed E-state index contributed by atoms with van der Waals surface area (Å²) in [5.41, 5.74) is 2.10. The van der Waals surface area contributed by atoms with Crippen LogP contribution in [0.2, 0.25) is 0 Å². The second kappa shape index (κ2) is 6.92. The van der Waals surface area contributed by atoms with Gasteiger partial charge in [-0.3, -0.25) is 4.79 Å². The normalized spacial score (nSPS) is 14.6. The van der Waals surface area contributed by atoms with Gasteiger partial charge in [0.25, 0.3) is 0 Å². The van der Waals surface area contributed by atoms with Gasteiger partial charge in [-0.25, -0.2) is 4.98 Å². The van der Waals surface area contributed by atoms with Gasteiger partial charge in [0.1, 0.15) is 5.75 Å². The van der Waals surface area contributed by atoms with Crippen LogP contribution in [0.5, 0.6) is 5.75 Å². The molecular weight excluding hydrogens is 296 g/mol. The lowest BCUT2D eigenvalue weighted by Crippen LogP contribution is -2.26. The molecule has 0 unspecified atom stereocenters. The number of ether oxygens (including phenoxy) is 1. The molecule has 116 valence electrons. The summed E-state index contributed by atoms with van der Waals surface area (Å²) >= 11 is 1.66. The lowest BCUT2D eigenvalue weighted by molar-refractivity contribution is -0.127. The van der Waals surface area contributed by atoms with Crippen LogP contribution in [-0.4, -0.2) is 35.5 Å². The number of carbonyl (C=O) groups is 1. The maximum Gasteiger partial charge on any atom is 0.222 e. The third-order valence-corrected chi connectivity index (χ3v) is 4.69. The smallest absolute Gasteiger partial charge is 0.222 e. The van der Waals surface area contributed by atoms with Gasteiger partial charge in [0, 0.05) is 36.9 Å². The average Bonchev–Trinajstić information content (AvgIpc) is 3.15. The number of aromatic nitrogens is 1. The Morgan fingerprint density at radius 3 is 2.82 bits per heavy atom. The van der Waals surface area contributed by atoms with Crippen molar-refractivity contribution < 1.29 is 9.53 Å². The highest BCUT2D eigenvalue weighted by Crippen LogP contribution is 2.24. The number of likely N-dealkylation sites (tertiary alicyclic amines) is 1. The van der Waals surface area contributed by atoms with Crippen LogP contribution in [0.4, 0.5) is 0 Å². The molecular formula is C17H20N2O2S. The molecule has 1 aromatic heterocycles. The van der Waals surface area contributed by atoms with Crippen LogP contribution in [0.15, 0.2) is 29.6 Å². The third kappa shape index (κ3) is 3.47. The molecule has 0 N–H and O–H groups in total. The van der Waals surface area contributed by atoms with E-state index in [-0.39, 0.29) is 5.91 Å². The van der Waals surface area contributed by atoms with Gasteiger partial charge in [0.2, 0.25) is 5.91 Å². The zero-order valence-corrected chi connectivity index (χ0v) is 13.6.